The Balaban J connectivity index is 1.69. The minimum Gasteiger partial charge on any atom is -0.375 e. The van der Waals surface area contributed by atoms with Crippen molar-refractivity contribution in [2.45, 2.75) is 19.9 Å². The lowest BCUT2D eigenvalue weighted by Gasteiger charge is -2.00. The third-order valence-corrected chi connectivity index (χ3v) is 3.95. The van der Waals surface area contributed by atoms with Crippen molar-refractivity contribution in [3.05, 3.63) is 33.0 Å². The van der Waals surface area contributed by atoms with Gasteiger partial charge in [-0.2, -0.15) is 0 Å². The second-order valence-electron chi connectivity index (χ2n) is 3.62. The van der Waals surface area contributed by atoms with Crippen molar-refractivity contribution in [1.29, 1.82) is 0 Å². The molecule has 0 bridgehead atoms. The van der Waals surface area contributed by atoms with Gasteiger partial charge in [0.1, 0.15) is 0 Å². The van der Waals surface area contributed by atoms with Crippen molar-refractivity contribution in [2.24, 2.45) is 0 Å². The van der Waals surface area contributed by atoms with Gasteiger partial charge in [-0.1, -0.05) is 0 Å². The minimum atomic E-state index is 0.656. The molecule has 0 aliphatic rings. The van der Waals surface area contributed by atoms with Crippen LogP contribution < -0.4 is 11.1 Å². The molecule has 2 aromatic rings. The molecule has 0 aliphatic heterocycles. The van der Waals surface area contributed by atoms with Crippen molar-refractivity contribution < 1.29 is 0 Å². The van der Waals surface area contributed by atoms with Crippen molar-refractivity contribution in [3.63, 3.8) is 0 Å². The van der Waals surface area contributed by atoms with Crippen LogP contribution in [0.1, 0.15) is 15.4 Å². The van der Waals surface area contributed by atoms with Crippen LogP contribution in [-0.4, -0.2) is 11.5 Å². The maximum Gasteiger partial charge on any atom is 0.180 e. The minimum absolute atomic E-state index is 0.656. The van der Waals surface area contributed by atoms with Gasteiger partial charge in [0.15, 0.2) is 5.13 Å². The van der Waals surface area contributed by atoms with Crippen LogP contribution in [0.5, 0.6) is 0 Å². The van der Waals surface area contributed by atoms with E-state index in [9.17, 15) is 0 Å². The fraction of sp³-hybridized carbons (Fsp3) is 0.364. The topological polar surface area (TPSA) is 50.9 Å². The summed E-state index contributed by atoms with van der Waals surface area (Å²) in [5.41, 5.74) is 6.65. The molecule has 0 atom stereocenters. The average Bonchev–Trinajstić information content (AvgIpc) is 2.83. The molecule has 0 aromatic carbocycles. The molecule has 0 aliphatic carbocycles. The summed E-state index contributed by atoms with van der Waals surface area (Å²) in [7, 11) is 0. The van der Waals surface area contributed by atoms with E-state index in [1.54, 1.807) is 0 Å². The van der Waals surface area contributed by atoms with Gasteiger partial charge < -0.3 is 11.1 Å². The molecule has 0 saturated carbocycles. The van der Waals surface area contributed by atoms with Gasteiger partial charge in [0.25, 0.3) is 0 Å². The van der Waals surface area contributed by atoms with Crippen LogP contribution in [0, 0.1) is 6.92 Å². The quantitative estimate of drug-likeness (QED) is 0.805. The van der Waals surface area contributed by atoms with Gasteiger partial charge in [0.2, 0.25) is 0 Å². The highest BCUT2D eigenvalue weighted by Crippen LogP contribution is 2.14. The second-order valence-corrected chi connectivity index (χ2v) is 5.88. The largest absolute Gasteiger partial charge is 0.375 e. The third-order valence-electron chi connectivity index (χ3n) is 2.22. The molecule has 0 spiro atoms. The number of thiophene rings is 1. The van der Waals surface area contributed by atoms with Crippen molar-refractivity contribution in [3.8, 4) is 0 Å². The Morgan fingerprint density at radius 3 is 2.94 bits per heavy atom. The number of aryl methyl sites for hydroxylation is 1. The molecule has 0 saturated heterocycles. The number of aromatic nitrogens is 1. The fourth-order valence-electron chi connectivity index (χ4n) is 1.45. The molecule has 0 fully saturated rings. The first-order chi connectivity index (χ1) is 7.74. The lowest BCUT2D eigenvalue weighted by atomic mass is 10.3. The number of rotatable bonds is 5. The smallest absolute Gasteiger partial charge is 0.180 e. The summed E-state index contributed by atoms with van der Waals surface area (Å²) in [6.07, 6.45) is 0.943. The van der Waals surface area contributed by atoms with Crippen LogP contribution in [0.25, 0.3) is 0 Å². The Kier molecular flexibility index (Phi) is 3.93. The number of anilines is 1. The zero-order chi connectivity index (χ0) is 11.4. The Morgan fingerprint density at radius 1 is 1.44 bits per heavy atom. The number of nitrogens with two attached hydrogens (primary N) is 1. The lowest BCUT2D eigenvalue weighted by molar-refractivity contribution is 0.688. The van der Waals surface area contributed by atoms with E-state index in [-0.39, 0.29) is 0 Å². The van der Waals surface area contributed by atoms with Gasteiger partial charge >= 0.3 is 0 Å². The maximum absolute atomic E-state index is 5.57. The second kappa shape index (κ2) is 5.43. The highest BCUT2D eigenvalue weighted by atomic mass is 32.1. The first kappa shape index (κ1) is 11.6. The zero-order valence-corrected chi connectivity index (χ0v) is 10.8. The summed E-state index contributed by atoms with van der Waals surface area (Å²) in [6.45, 7) is 4.02. The summed E-state index contributed by atoms with van der Waals surface area (Å²) < 4.78 is 0. The van der Waals surface area contributed by atoms with Gasteiger partial charge in [-0.05, 0) is 19.1 Å². The van der Waals surface area contributed by atoms with Gasteiger partial charge in [0, 0.05) is 34.6 Å². The van der Waals surface area contributed by atoms with E-state index in [0.717, 1.165) is 25.2 Å². The van der Waals surface area contributed by atoms with Crippen molar-refractivity contribution in [2.75, 3.05) is 12.3 Å². The van der Waals surface area contributed by atoms with Gasteiger partial charge in [-0.3, -0.25) is 0 Å². The lowest BCUT2D eigenvalue weighted by Crippen LogP contribution is -2.16. The van der Waals surface area contributed by atoms with E-state index in [1.807, 2.05) is 16.7 Å². The molecule has 0 unspecified atom stereocenters. The molecule has 16 heavy (non-hydrogen) atoms. The summed E-state index contributed by atoms with van der Waals surface area (Å²) in [6, 6.07) is 4.33. The molecular weight excluding hydrogens is 238 g/mol. The number of nitrogens with zero attached hydrogens (tertiary/aromatic N) is 1. The van der Waals surface area contributed by atoms with E-state index in [4.69, 9.17) is 5.73 Å². The van der Waals surface area contributed by atoms with Crippen LogP contribution in [0.4, 0.5) is 5.13 Å². The number of hydrogen-bond donors (Lipinski definition) is 2. The molecule has 5 heteroatoms. The molecular formula is C11H15N3S2. The van der Waals surface area contributed by atoms with E-state index < -0.39 is 0 Å². The maximum atomic E-state index is 5.57. The summed E-state index contributed by atoms with van der Waals surface area (Å²) in [5.74, 6) is 0. The van der Waals surface area contributed by atoms with Gasteiger partial charge in [-0.25, -0.2) is 4.98 Å². The van der Waals surface area contributed by atoms with E-state index in [2.05, 4.69) is 29.4 Å². The van der Waals surface area contributed by atoms with Crippen LogP contribution >= 0.6 is 22.7 Å². The Bertz CT molecular complexity index is 405. The first-order valence-electron chi connectivity index (χ1n) is 5.20. The summed E-state index contributed by atoms with van der Waals surface area (Å²) in [4.78, 5) is 6.97. The monoisotopic (exact) mass is 253 g/mol. The zero-order valence-electron chi connectivity index (χ0n) is 9.19. The van der Waals surface area contributed by atoms with Gasteiger partial charge in [0.05, 0.1) is 5.69 Å². The highest BCUT2D eigenvalue weighted by molar-refractivity contribution is 7.13. The molecule has 2 rings (SSSR count). The van der Waals surface area contributed by atoms with Crippen LogP contribution in [-0.2, 0) is 13.0 Å². The van der Waals surface area contributed by atoms with Crippen molar-refractivity contribution >= 4 is 27.8 Å². The van der Waals surface area contributed by atoms with E-state index in [1.165, 1.54) is 21.1 Å². The third kappa shape index (κ3) is 3.30. The predicted octanol–water partition coefficient (Wildman–Crippen LogP) is 2.43. The van der Waals surface area contributed by atoms with Gasteiger partial charge in [-0.15, -0.1) is 22.7 Å². The summed E-state index contributed by atoms with van der Waals surface area (Å²) >= 11 is 3.35. The molecule has 0 radical (unpaired) electrons. The Hall–Kier alpha value is -0.910. The Morgan fingerprint density at radius 2 is 2.31 bits per heavy atom. The SMILES string of the molecule is Cc1ccc(CNCCc2csc(N)n2)s1. The number of nitrogens with one attached hydrogen (secondary N) is 1. The summed E-state index contributed by atoms with van der Waals surface area (Å²) in [5, 5.41) is 6.08. The van der Waals surface area contributed by atoms with Crippen LogP contribution in [0.2, 0.25) is 0 Å². The van der Waals surface area contributed by atoms with Crippen LogP contribution in [0.3, 0.4) is 0 Å². The average molecular weight is 253 g/mol. The Labute approximate surface area is 103 Å². The van der Waals surface area contributed by atoms with Crippen molar-refractivity contribution in [1.82, 2.24) is 10.3 Å². The number of nitrogen functional groups attached to an aromatic ring is 1. The first-order valence-corrected chi connectivity index (χ1v) is 6.89. The number of thiazole rings is 1. The molecule has 3 nitrogen and oxygen atoms in total. The van der Waals surface area contributed by atoms with Crippen LogP contribution in [0.15, 0.2) is 17.5 Å². The number of hydrogen-bond acceptors (Lipinski definition) is 5. The van der Waals surface area contributed by atoms with E-state index >= 15 is 0 Å². The predicted molar refractivity (Wildman–Crippen MR) is 71.0 cm³/mol. The molecule has 0 amide bonds. The standard InChI is InChI=1S/C11H15N3S2/c1-8-2-3-10(16-8)6-13-5-4-9-7-15-11(12)14-9/h2-3,7,13H,4-6H2,1H3,(H2,12,14). The molecule has 3 N–H and O–H groups in total. The highest BCUT2D eigenvalue weighted by Gasteiger charge is 1.99. The normalized spacial score (nSPS) is 10.8. The molecule has 2 aromatic heterocycles. The molecule has 2 heterocycles. The molecule has 86 valence electrons. The fourth-order valence-corrected chi connectivity index (χ4v) is 2.90. The van der Waals surface area contributed by atoms with E-state index in [0.29, 0.717) is 5.13 Å².